The standard InChI is InChI=1S/C24H15FN6O3S/c1-34-17-9-4-13(5-10-17)20-21(22-26-18-11-8-16(31(32)33)12-19(18)27-22)30-24(28-20)35-23(29-30)14-2-6-15(25)7-3-14/h2-12H,1H3,(H,26,27). The maximum atomic E-state index is 13.4. The lowest BCUT2D eigenvalue weighted by Crippen LogP contribution is -1.93. The zero-order valence-corrected chi connectivity index (χ0v) is 18.9. The van der Waals surface area contributed by atoms with Gasteiger partial charge in [0, 0.05) is 23.3 Å². The summed E-state index contributed by atoms with van der Waals surface area (Å²) in [5, 5.41) is 16.6. The van der Waals surface area contributed by atoms with Crippen LogP contribution in [0.5, 0.6) is 5.75 Å². The first-order chi connectivity index (χ1) is 17.0. The van der Waals surface area contributed by atoms with Gasteiger partial charge in [0.25, 0.3) is 5.69 Å². The van der Waals surface area contributed by atoms with Gasteiger partial charge in [0.15, 0.2) is 5.82 Å². The second-order valence-electron chi connectivity index (χ2n) is 7.69. The van der Waals surface area contributed by atoms with Crippen molar-refractivity contribution >= 4 is 33.0 Å². The van der Waals surface area contributed by atoms with E-state index >= 15 is 0 Å². The smallest absolute Gasteiger partial charge is 0.271 e. The van der Waals surface area contributed by atoms with E-state index in [0.29, 0.717) is 44.0 Å². The molecule has 0 aliphatic carbocycles. The van der Waals surface area contributed by atoms with E-state index < -0.39 is 4.92 Å². The van der Waals surface area contributed by atoms with Crippen molar-refractivity contribution in [2.45, 2.75) is 0 Å². The molecule has 0 saturated heterocycles. The number of non-ortho nitro benzene ring substituents is 1. The van der Waals surface area contributed by atoms with Gasteiger partial charge < -0.3 is 9.72 Å². The van der Waals surface area contributed by atoms with Crippen molar-refractivity contribution in [1.82, 2.24) is 24.6 Å². The third kappa shape index (κ3) is 3.58. The monoisotopic (exact) mass is 486 g/mol. The van der Waals surface area contributed by atoms with Gasteiger partial charge in [-0.25, -0.2) is 14.4 Å². The van der Waals surface area contributed by atoms with E-state index in [1.807, 2.05) is 24.3 Å². The SMILES string of the molecule is COc1ccc(-c2nc3sc(-c4ccc(F)cc4)nn3c2-c2nc3ccc([N+](=O)[O-])cc3[nH]2)cc1. The first-order valence-corrected chi connectivity index (χ1v) is 11.3. The molecule has 3 aromatic heterocycles. The molecule has 0 aliphatic heterocycles. The van der Waals surface area contributed by atoms with Crippen LogP contribution < -0.4 is 4.74 Å². The largest absolute Gasteiger partial charge is 0.497 e. The first kappa shape index (κ1) is 20.9. The molecule has 1 N–H and O–H groups in total. The molecule has 0 fully saturated rings. The third-order valence-electron chi connectivity index (χ3n) is 5.56. The number of aromatic amines is 1. The number of benzene rings is 3. The minimum Gasteiger partial charge on any atom is -0.497 e. The minimum absolute atomic E-state index is 0.0336. The topological polar surface area (TPSA) is 111 Å². The fraction of sp³-hybridized carbons (Fsp3) is 0.0417. The molecule has 0 aliphatic rings. The number of nitrogens with one attached hydrogen (secondary N) is 1. The first-order valence-electron chi connectivity index (χ1n) is 10.4. The van der Waals surface area contributed by atoms with Gasteiger partial charge in [-0.1, -0.05) is 11.3 Å². The summed E-state index contributed by atoms with van der Waals surface area (Å²) in [6.07, 6.45) is 0. The Morgan fingerprint density at radius 2 is 1.77 bits per heavy atom. The number of fused-ring (bicyclic) bond motifs is 2. The number of nitro benzene ring substituents is 1. The Balaban J connectivity index is 1.57. The highest BCUT2D eigenvalue weighted by molar-refractivity contribution is 7.19. The maximum Gasteiger partial charge on any atom is 0.271 e. The molecule has 11 heteroatoms. The van der Waals surface area contributed by atoms with Crippen LogP contribution in [-0.4, -0.2) is 36.6 Å². The molecule has 0 unspecified atom stereocenters. The summed E-state index contributed by atoms with van der Waals surface area (Å²) < 4.78 is 20.4. The Labute approximate surface area is 200 Å². The van der Waals surface area contributed by atoms with Crippen LogP contribution in [0.4, 0.5) is 10.1 Å². The maximum absolute atomic E-state index is 13.4. The Bertz CT molecular complexity index is 1720. The van der Waals surface area contributed by atoms with Crippen molar-refractivity contribution in [2.24, 2.45) is 0 Å². The Hall–Kier alpha value is -4.64. The molecule has 3 aromatic carbocycles. The van der Waals surface area contributed by atoms with Crippen molar-refractivity contribution in [1.29, 1.82) is 0 Å². The normalized spacial score (nSPS) is 11.4. The van der Waals surface area contributed by atoms with Crippen LogP contribution in [0.15, 0.2) is 66.7 Å². The number of rotatable bonds is 5. The Morgan fingerprint density at radius 3 is 2.49 bits per heavy atom. The highest BCUT2D eigenvalue weighted by atomic mass is 32.1. The summed E-state index contributed by atoms with van der Waals surface area (Å²) in [4.78, 5) is 24.1. The molecular weight excluding hydrogens is 471 g/mol. The van der Waals surface area contributed by atoms with Crippen LogP contribution in [-0.2, 0) is 0 Å². The van der Waals surface area contributed by atoms with E-state index in [0.717, 1.165) is 11.1 Å². The van der Waals surface area contributed by atoms with Gasteiger partial charge in [-0.05, 0) is 54.6 Å². The lowest BCUT2D eigenvalue weighted by atomic mass is 10.1. The summed E-state index contributed by atoms with van der Waals surface area (Å²) in [5.74, 6) is 0.854. The van der Waals surface area contributed by atoms with Crippen molar-refractivity contribution < 1.29 is 14.1 Å². The van der Waals surface area contributed by atoms with Gasteiger partial charge >= 0.3 is 0 Å². The minimum atomic E-state index is -0.449. The number of imidazole rings is 2. The highest BCUT2D eigenvalue weighted by Crippen LogP contribution is 2.37. The zero-order chi connectivity index (χ0) is 24.1. The molecule has 3 heterocycles. The molecule has 0 bridgehead atoms. The van der Waals surface area contributed by atoms with E-state index in [-0.39, 0.29) is 11.5 Å². The molecule has 6 aromatic rings. The molecule has 0 atom stereocenters. The fourth-order valence-electron chi connectivity index (χ4n) is 3.84. The Morgan fingerprint density at radius 1 is 1.03 bits per heavy atom. The second-order valence-corrected chi connectivity index (χ2v) is 8.65. The van der Waals surface area contributed by atoms with Crippen LogP contribution in [0.25, 0.3) is 49.3 Å². The van der Waals surface area contributed by atoms with Gasteiger partial charge in [0.05, 0.1) is 23.1 Å². The summed E-state index contributed by atoms with van der Waals surface area (Å²) in [5.41, 5.74) is 3.91. The van der Waals surface area contributed by atoms with E-state index in [2.05, 4.69) is 9.97 Å². The van der Waals surface area contributed by atoms with E-state index in [1.165, 1.54) is 35.6 Å². The van der Waals surface area contributed by atoms with Gasteiger partial charge in [-0.2, -0.15) is 9.61 Å². The highest BCUT2D eigenvalue weighted by Gasteiger charge is 2.23. The van der Waals surface area contributed by atoms with Crippen LogP contribution in [0.1, 0.15) is 0 Å². The second kappa shape index (κ2) is 7.99. The molecule has 35 heavy (non-hydrogen) atoms. The molecule has 9 nitrogen and oxygen atoms in total. The predicted octanol–water partition coefficient (Wildman–Crippen LogP) is 5.72. The number of halogens is 1. The number of ether oxygens (including phenoxy) is 1. The Kier molecular flexibility index (Phi) is 4.78. The third-order valence-corrected chi connectivity index (χ3v) is 6.52. The van der Waals surface area contributed by atoms with Gasteiger partial charge in [0.1, 0.15) is 28.0 Å². The van der Waals surface area contributed by atoms with Gasteiger partial charge in [-0.3, -0.25) is 10.1 Å². The van der Waals surface area contributed by atoms with Crippen molar-refractivity contribution in [3.8, 4) is 39.1 Å². The van der Waals surface area contributed by atoms with Gasteiger partial charge in [-0.15, -0.1) is 0 Å². The molecule has 172 valence electrons. The molecular formula is C24H15FN6O3S. The summed E-state index contributed by atoms with van der Waals surface area (Å²) in [6.45, 7) is 0. The number of methoxy groups -OCH3 is 1. The van der Waals surface area contributed by atoms with Crippen molar-refractivity contribution in [3.05, 3.63) is 82.7 Å². The number of hydrogen-bond donors (Lipinski definition) is 1. The molecule has 0 radical (unpaired) electrons. The lowest BCUT2D eigenvalue weighted by Gasteiger charge is -2.04. The van der Waals surface area contributed by atoms with Crippen molar-refractivity contribution in [3.63, 3.8) is 0 Å². The molecule has 0 saturated carbocycles. The number of nitro groups is 1. The average molecular weight is 486 g/mol. The summed E-state index contributed by atoms with van der Waals surface area (Å²) in [6, 6.07) is 18.0. The fourth-order valence-corrected chi connectivity index (χ4v) is 4.75. The molecule has 6 rings (SSSR count). The molecule has 0 spiro atoms. The quantitative estimate of drug-likeness (QED) is 0.246. The lowest BCUT2D eigenvalue weighted by molar-refractivity contribution is -0.384. The number of hydrogen-bond acceptors (Lipinski definition) is 7. The zero-order valence-electron chi connectivity index (χ0n) is 18.1. The van der Waals surface area contributed by atoms with E-state index in [4.69, 9.17) is 14.8 Å². The van der Waals surface area contributed by atoms with Crippen LogP contribution in [0.3, 0.4) is 0 Å². The van der Waals surface area contributed by atoms with E-state index in [9.17, 15) is 14.5 Å². The summed E-state index contributed by atoms with van der Waals surface area (Å²) in [7, 11) is 1.60. The number of nitrogens with zero attached hydrogens (tertiary/aromatic N) is 5. The number of H-pyrrole nitrogens is 1. The summed E-state index contributed by atoms with van der Waals surface area (Å²) >= 11 is 1.36. The average Bonchev–Trinajstić information content (AvgIpc) is 3.56. The van der Waals surface area contributed by atoms with Crippen LogP contribution >= 0.6 is 11.3 Å². The number of aromatic nitrogens is 5. The van der Waals surface area contributed by atoms with Crippen LogP contribution in [0.2, 0.25) is 0 Å². The van der Waals surface area contributed by atoms with Crippen LogP contribution in [0, 0.1) is 15.9 Å². The van der Waals surface area contributed by atoms with Gasteiger partial charge in [0.2, 0.25) is 4.96 Å². The van der Waals surface area contributed by atoms with Crippen molar-refractivity contribution in [2.75, 3.05) is 7.11 Å². The molecule has 0 amide bonds. The van der Waals surface area contributed by atoms with E-state index in [1.54, 1.807) is 29.8 Å². The predicted molar refractivity (Wildman–Crippen MR) is 130 cm³/mol.